The highest BCUT2D eigenvalue weighted by Crippen LogP contribution is 2.39. The van der Waals surface area contributed by atoms with Crippen molar-refractivity contribution in [3.63, 3.8) is 0 Å². The van der Waals surface area contributed by atoms with E-state index in [0.29, 0.717) is 18.5 Å². The predicted octanol–water partition coefficient (Wildman–Crippen LogP) is 0.637. The molecule has 0 spiro atoms. The number of fused-ring (bicyclic) bond motifs is 1. The lowest BCUT2D eigenvalue weighted by Crippen LogP contribution is -2.43. The lowest BCUT2D eigenvalue weighted by atomic mass is 10.0. The summed E-state index contributed by atoms with van der Waals surface area (Å²) in [5.41, 5.74) is 1.29. The predicted molar refractivity (Wildman–Crippen MR) is 107 cm³/mol. The third kappa shape index (κ3) is 3.79. The minimum absolute atomic E-state index is 0.247. The Labute approximate surface area is 175 Å². The molecule has 0 atom stereocenters. The molecule has 0 saturated carbocycles. The van der Waals surface area contributed by atoms with E-state index >= 15 is 0 Å². The van der Waals surface area contributed by atoms with Gasteiger partial charge in [0.1, 0.15) is 5.00 Å². The normalized spacial score (nSPS) is 14.5. The molecule has 1 N–H and O–H groups in total. The summed E-state index contributed by atoms with van der Waals surface area (Å²) >= 11 is 1.28. The van der Waals surface area contributed by atoms with Gasteiger partial charge in [0.2, 0.25) is 0 Å². The van der Waals surface area contributed by atoms with Gasteiger partial charge in [-0.1, -0.05) is 35.0 Å². The van der Waals surface area contributed by atoms with E-state index < -0.39 is 17.5 Å². The van der Waals surface area contributed by atoms with Gasteiger partial charge in [0.25, 0.3) is 0 Å². The number of aliphatic imine (C=N–C) groups is 1. The molecule has 0 radical (unpaired) electrons. The molecule has 0 aliphatic carbocycles. The number of carbonyl (C=O) groups excluding carboxylic acids is 1. The summed E-state index contributed by atoms with van der Waals surface area (Å²) in [5, 5.41) is 15.1. The van der Waals surface area contributed by atoms with Crippen LogP contribution in [0.5, 0.6) is 0 Å². The van der Waals surface area contributed by atoms with Gasteiger partial charge < -0.3 is 9.84 Å². The van der Waals surface area contributed by atoms with Crippen molar-refractivity contribution in [3.8, 4) is 0 Å². The number of ether oxygens (including phenoxy) is 1. The maximum atomic E-state index is 12.6. The molecule has 2 aromatic heterocycles. The van der Waals surface area contributed by atoms with E-state index in [9.17, 15) is 14.7 Å². The van der Waals surface area contributed by atoms with Gasteiger partial charge in [-0.2, -0.15) is 0 Å². The number of thiophene rings is 1. The fourth-order valence-corrected chi connectivity index (χ4v) is 4.77. The number of nitrogens with one attached hydrogen (secondary N) is 1. The van der Waals surface area contributed by atoms with Gasteiger partial charge >= 0.3 is 17.3 Å². The van der Waals surface area contributed by atoms with Crippen molar-refractivity contribution in [1.29, 1.82) is 0 Å². The van der Waals surface area contributed by atoms with Crippen LogP contribution in [-0.4, -0.2) is 35.7 Å². The van der Waals surface area contributed by atoms with Crippen molar-refractivity contribution in [2.24, 2.45) is 12.0 Å². The van der Waals surface area contributed by atoms with Gasteiger partial charge in [0.15, 0.2) is 7.05 Å². The molecule has 0 fully saturated rings. The number of rotatable bonds is 5. The summed E-state index contributed by atoms with van der Waals surface area (Å²) in [5.74, 6) is -1.32. The average Bonchev–Trinajstić information content (AvgIpc) is 3.26. The summed E-state index contributed by atoms with van der Waals surface area (Å²) in [7, 11) is 2.76. The molecule has 9 nitrogen and oxygen atoms in total. The molecule has 0 amide bonds. The standard InChI is InChI=1S/C20H20N4O5S/c1-23-16(20(27)29-22-23)17(25)21-18-15(19(26)28-2)13-8-9-24(11-14(13)30-18)10-12-6-4-3-5-7-12/h3-7H,8-11H2,1-2H3,(H-,21,22,25,26,27). The Morgan fingerprint density at radius 1 is 1.40 bits per heavy atom. The Morgan fingerprint density at radius 2 is 2.17 bits per heavy atom. The molecule has 0 saturated heterocycles. The highest BCUT2D eigenvalue weighted by Gasteiger charge is 2.29. The second-order valence-electron chi connectivity index (χ2n) is 6.93. The smallest absolute Gasteiger partial charge is 0.435 e. The van der Waals surface area contributed by atoms with E-state index in [0.717, 1.165) is 28.2 Å². The number of hydrogen-bond acceptors (Lipinski definition) is 8. The van der Waals surface area contributed by atoms with E-state index in [4.69, 9.17) is 4.74 Å². The van der Waals surface area contributed by atoms with Crippen LogP contribution in [0.25, 0.3) is 0 Å². The summed E-state index contributed by atoms with van der Waals surface area (Å²) in [6, 6.07) is 10.1. The fraction of sp³-hybridized carbons (Fsp3) is 0.300. The number of methoxy groups -OCH3 is 1. The first-order valence-corrected chi connectivity index (χ1v) is 10.1. The lowest BCUT2D eigenvalue weighted by molar-refractivity contribution is -0.742. The fourth-order valence-electron chi connectivity index (χ4n) is 3.53. The van der Waals surface area contributed by atoms with Gasteiger partial charge in [0.05, 0.1) is 18.6 Å². The van der Waals surface area contributed by atoms with Crippen molar-refractivity contribution in [3.05, 3.63) is 68.0 Å². The van der Waals surface area contributed by atoms with Crippen molar-refractivity contribution in [2.45, 2.75) is 19.5 Å². The van der Waals surface area contributed by atoms with Crippen molar-refractivity contribution < 1.29 is 23.8 Å². The molecule has 1 aliphatic rings. The Bertz CT molecular complexity index is 1160. The summed E-state index contributed by atoms with van der Waals surface area (Å²) in [6.07, 6.45) is 0.646. The van der Waals surface area contributed by atoms with Gasteiger partial charge in [0, 0.05) is 24.5 Å². The van der Waals surface area contributed by atoms with E-state index in [-0.39, 0.29) is 10.7 Å². The number of H-pyrrole nitrogens is 1. The van der Waals surface area contributed by atoms with Crippen LogP contribution >= 0.6 is 11.3 Å². The van der Waals surface area contributed by atoms with Crippen LogP contribution in [0.4, 0.5) is 5.00 Å². The number of hydrogen-bond donors (Lipinski definition) is 1. The first kappa shape index (κ1) is 20.0. The van der Waals surface area contributed by atoms with Crippen molar-refractivity contribution in [2.75, 3.05) is 13.7 Å². The molecule has 4 rings (SSSR count). The Kier molecular flexibility index (Phi) is 5.51. The van der Waals surface area contributed by atoms with Crippen LogP contribution in [0.3, 0.4) is 0 Å². The lowest BCUT2D eigenvalue weighted by Gasteiger charge is -2.27. The molecule has 1 aliphatic heterocycles. The van der Waals surface area contributed by atoms with Gasteiger partial charge in [-0.3, -0.25) is 9.42 Å². The van der Waals surface area contributed by atoms with E-state index in [1.807, 2.05) is 18.2 Å². The molecular formula is C20H20N4O5S. The van der Waals surface area contributed by atoms with Gasteiger partial charge in [-0.05, 0) is 22.8 Å². The molecule has 156 valence electrons. The number of benzene rings is 1. The zero-order chi connectivity index (χ0) is 21.3. The molecule has 0 unspecified atom stereocenters. The summed E-state index contributed by atoms with van der Waals surface area (Å²) in [6.45, 7) is 2.20. The molecule has 3 aromatic rings. The number of aromatic nitrogens is 2. The van der Waals surface area contributed by atoms with Crippen LogP contribution in [-0.2, 0) is 31.3 Å². The highest BCUT2D eigenvalue weighted by molar-refractivity contribution is 7.16. The van der Waals surface area contributed by atoms with Crippen LogP contribution in [0.15, 0.2) is 44.6 Å². The summed E-state index contributed by atoms with van der Waals surface area (Å²) in [4.78, 5) is 31.5. The Hall–Kier alpha value is -3.24. The average molecular weight is 428 g/mol. The number of aryl methyl sites for hydroxylation is 1. The number of esters is 1. The minimum Gasteiger partial charge on any atom is -0.854 e. The number of aromatic amines is 1. The van der Waals surface area contributed by atoms with Crippen molar-refractivity contribution in [1.82, 2.24) is 10.2 Å². The van der Waals surface area contributed by atoms with Crippen molar-refractivity contribution >= 4 is 28.2 Å². The quantitative estimate of drug-likeness (QED) is 0.276. The topological polar surface area (TPSA) is 115 Å². The highest BCUT2D eigenvalue weighted by atomic mass is 32.1. The molecule has 0 bridgehead atoms. The van der Waals surface area contributed by atoms with E-state index in [1.54, 1.807) is 0 Å². The second kappa shape index (κ2) is 8.25. The molecule has 3 heterocycles. The van der Waals surface area contributed by atoms with Crippen LogP contribution in [0.1, 0.15) is 32.1 Å². The maximum absolute atomic E-state index is 12.6. The second-order valence-corrected chi connectivity index (χ2v) is 8.01. The minimum atomic E-state index is -0.818. The molecule has 30 heavy (non-hydrogen) atoms. The van der Waals surface area contributed by atoms with Crippen LogP contribution < -0.4 is 15.4 Å². The first-order valence-electron chi connectivity index (χ1n) is 9.30. The van der Waals surface area contributed by atoms with Crippen LogP contribution in [0, 0.1) is 0 Å². The zero-order valence-corrected chi connectivity index (χ0v) is 17.3. The molecule has 1 aromatic carbocycles. The molecular weight excluding hydrogens is 408 g/mol. The largest absolute Gasteiger partial charge is 0.854 e. The monoisotopic (exact) mass is 428 g/mol. The maximum Gasteiger partial charge on any atom is 0.435 e. The van der Waals surface area contributed by atoms with Gasteiger partial charge in [-0.25, -0.2) is 14.6 Å². The zero-order valence-electron chi connectivity index (χ0n) is 16.5. The van der Waals surface area contributed by atoms with E-state index in [2.05, 4.69) is 31.8 Å². The third-order valence-corrected chi connectivity index (χ3v) is 6.08. The SMILES string of the molecule is COC(=O)c1c(/N=C(\[O-])c2c(=O)o[nH][n+]2C)sc2c1CCN(Cc1ccccc1)C2. The van der Waals surface area contributed by atoms with E-state index in [1.165, 1.54) is 31.1 Å². The van der Waals surface area contributed by atoms with Crippen LogP contribution in [0.2, 0.25) is 0 Å². The number of nitrogens with zero attached hydrogens (tertiary/aromatic N) is 3. The Balaban J connectivity index is 1.68. The first-order chi connectivity index (χ1) is 14.5. The summed E-state index contributed by atoms with van der Waals surface area (Å²) < 4.78 is 10.7. The number of carbonyl (C=O) groups is 1. The third-order valence-electron chi connectivity index (χ3n) is 4.97. The van der Waals surface area contributed by atoms with Gasteiger partial charge in [-0.15, -0.1) is 11.3 Å². The Morgan fingerprint density at radius 3 is 2.83 bits per heavy atom. The molecule has 10 heteroatoms.